The van der Waals surface area contributed by atoms with Crippen molar-refractivity contribution >= 4 is 31.6 Å². The minimum Gasteiger partial charge on any atom is -0.213 e. The van der Waals surface area contributed by atoms with Crippen molar-refractivity contribution in [1.29, 1.82) is 0 Å². The Hall–Kier alpha value is -0.670. The third-order valence-corrected chi connectivity index (χ3v) is 7.15. The van der Waals surface area contributed by atoms with E-state index in [0.717, 1.165) is 0 Å². The lowest BCUT2D eigenvalue weighted by molar-refractivity contribution is 0.275. The van der Waals surface area contributed by atoms with Gasteiger partial charge in [-0.2, -0.15) is 0 Å². The van der Waals surface area contributed by atoms with Crippen LogP contribution in [0, 0.1) is 12.8 Å². The van der Waals surface area contributed by atoms with Crippen molar-refractivity contribution in [2.75, 3.05) is 25.9 Å². The first-order valence-corrected chi connectivity index (χ1v) is 11.0. The third kappa shape index (κ3) is 4.90. The highest BCUT2D eigenvalue weighted by Gasteiger charge is 2.26. The summed E-state index contributed by atoms with van der Waals surface area (Å²) in [4.78, 5) is 0.179. The SMILES string of the molecule is Cc1ccc(Cl)cc1S(=O)(=O)NCC1CCN(S(C)(=O)=O)CC1. The molecule has 1 aromatic rings. The molecule has 9 heteroatoms. The number of nitrogens with zero attached hydrogens (tertiary/aromatic N) is 1. The molecule has 1 heterocycles. The number of rotatable bonds is 5. The van der Waals surface area contributed by atoms with Gasteiger partial charge in [-0.25, -0.2) is 25.9 Å². The summed E-state index contributed by atoms with van der Waals surface area (Å²) >= 11 is 5.88. The summed E-state index contributed by atoms with van der Waals surface area (Å²) in [5.41, 5.74) is 0.633. The van der Waals surface area contributed by atoms with Crippen LogP contribution in [0.25, 0.3) is 0 Å². The molecule has 0 amide bonds. The molecule has 23 heavy (non-hydrogen) atoms. The first kappa shape index (κ1) is 18.7. The fourth-order valence-electron chi connectivity index (χ4n) is 2.61. The maximum absolute atomic E-state index is 12.4. The number of hydrogen-bond donors (Lipinski definition) is 1. The van der Waals surface area contributed by atoms with Crippen molar-refractivity contribution in [2.45, 2.75) is 24.7 Å². The van der Waals surface area contributed by atoms with E-state index in [4.69, 9.17) is 11.6 Å². The largest absolute Gasteiger partial charge is 0.240 e. The van der Waals surface area contributed by atoms with Gasteiger partial charge in [0.05, 0.1) is 11.2 Å². The first-order valence-electron chi connectivity index (χ1n) is 7.30. The van der Waals surface area contributed by atoms with E-state index in [1.54, 1.807) is 19.1 Å². The number of nitrogens with one attached hydrogen (secondary N) is 1. The predicted octanol–water partition coefficient (Wildman–Crippen LogP) is 1.60. The van der Waals surface area contributed by atoms with Crippen molar-refractivity contribution in [1.82, 2.24) is 9.03 Å². The Labute approximate surface area is 142 Å². The highest BCUT2D eigenvalue weighted by Crippen LogP contribution is 2.22. The van der Waals surface area contributed by atoms with E-state index in [9.17, 15) is 16.8 Å². The van der Waals surface area contributed by atoms with Gasteiger partial charge < -0.3 is 0 Å². The van der Waals surface area contributed by atoms with E-state index in [1.165, 1.54) is 16.6 Å². The lowest BCUT2D eigenvalue weighted by atomic mass is 9.99. The summed E-state index contributed by atoms with van der Waals surface area (Å²) in [5, 5.41) is 0.373. The zero-order valence-corrected chi connectivity index (χ0v) is 15.5. The number of halogens is 1. The molecule has 0 radical (unpaired) electrons. The standard InChI is InChI=1S/C14H21ClN2O4S2/c1-11-3-4-13(15)9-14(11)23(20,21)16-10-12-5-7-17(8-6-12)22(2,18)19/h3-4,9,12,16H,5-8,10H2,1-2H3. The molecule has 0 saturated carbocycles. The maximum Gasteiger partial charge on any atom is 0.240 e. The van der Waals surface area contributed by atoms with E-state index in [1.807, 2.05) is 0 Å². The summed E-state index contributed by atoms with van der Waals surface area (Å²) < 4.78 is 51.8. The summed E-state index contributed by atoms with van der Waals surface area (Å²) in [7, 11) is -6.79. The second kappa shape index (κ2) is 7.06. The van der Waals surface area contributed by atoms with Crippen molar-refractivity contribution in [3.05, 3.63) is 28.8 Å². The van der Waals surface area contributed by atoms with Crippen LogP contribution in [0.3, 0.4) is 0 Å². The molecular formula is C14H21ClN2O4S2. The fourth-order valence-corrected chi connectivity index (χ4v) is 5.11. The first-order chi connectivity index (χ1) is 10.6. The van der Waals surface area contributed by atoms with Crippen molar-refractivity contribution < 1.29 is 16.8 Å². The summed E-state index contributed by atoms with van der Waals surface area (Å²) in [6.07, 6.45) is 2.48. The van der Waals surface area contributed by atoms with Gasteiger partial charge in [-0.3, -0.25) is 0 Å². The Balaban J connectivity index is 1.97. The summed E-state index contributed by atoms with van der Waals surface area (Å²) in [6, 6.07) is 4.75. The number of sulfonamides is 2. The van der Waals surface area contributed by atoms with E-state index >= 15 is 0 Å². The Bertz CT molecular complexity index is 770. The van der Waals surface area contributed by atoms with Crippen LogP contribution in [0.4, 0.5) is 0 Å². The van der Waals surface area contributed by atoms with E-state index in [0.29, 0.717) is 43.1 Å². The highest BCUT2D eigenvalue weighted by atomic mass is 35.5. The van der Waals surface area contributed by atoms with Gasteiger partial charge >= 0.3 is 0 Å². The Morgan fingerprint density at radius 1 is 1.22 bits per heavy atom. The smallest absolute Gasteiger partial charge is 0.213 e. The van der Waals surface area contributed by atoms with E-state index in [2.05, 4.69) is 4.72 Å². The molecule has 0 unspecified atom stereocenters. The molecular weight excluding hydrogens is 360 g/mol. The molecule has 0 spiro atoms. The van der Waals surface area contributed by atoms with Crippen molar-refractivity contribution in [3.8, 4) is 0 Å². The van der Waals surface area contributed by atoms with Gasteiger partial charge in [0, 0.05) is 24.7 Å². The Morgan fingerprint density at radius 3 is 2.39 bits per heavy atom. The fraction of sp³-hybridized carbons (Fsp3) is 0.571. The zero-order chi connectivity index (χ0) is 17.3. The molecule has 0 bridgehead atoms. The normalized spacial score (nSPS) is 18.2. The molecule has 6 nitrogen and oxygen atoms in total. The van der Waals surface area contributed by atoms with Gasteiger partial charge in [0.25, 0.3) is 0 Å². The van der Waals surface area contributed by atoms with Gasteiger partial charge in [0.15, 0.2) is 0 Å². The number of benzene rings is 1. The van der Waals surface area contributed by atoms with Gasteiger partial charge in [0.1, 0.15) is 0 Å². The Morgan fingerprint density at radius 2 is 1.83 bits per heavy atom. The van der Waals surface area contributed by atoms with Crippen LogP contribution in [0.5, 0.6) is 0 Å². The molecule has 1 fully saturated rings. The predicted molar refractivity (Wildman–Crippen MR) is 90.5 cm³/mol. The lowest BCUT2D eigenvalue weighted by Gasteiger charge is -2.30. The van der Waals surface area contributed by atoms with Crippen LogP contribution in [0.2, 0.25) is 5.02 Å². The molecule has 1 saturated heterocycles. The van der Waals surface area contributed by atoms with Crippen LogP contribution < -0.4 is 4.72 Å². The maximum atomic E-state index is 12.4. The topological polar surface area (TPSA) is 83.6 Å². The van der Waals surface area contributed by atoms with Crippen LogP contribution >= 0.6 is 11.6 Å². The minimum absolute atomic E-state index is 0.127. The molecule has 0 aliphatic carbocycles. The quantitative estimate of drug-likeness (QED) is 0.840. The van der Waals surface area contributed by atoms with Crippen molar-refractivity contribution in [2.24, 2.45) is 5.92 Å². The molecule has 130 valence electrons. The molecule has 2 rings (SSSR count). The molecule has 1 N–H and O–H groups in total. The number of aryl methyl sites for hydroxylation is 1. The average molecular weight is 381 g/mol. The van der Waals surface area contributed by atoms with Crippen LogP contribution in [-0.4, -0.2) is 47.0 Å². The van der Waals surface area contributed by atoms with Gasteiger partial charge in [-0.1, -0.05) is 17.7 Å². The van der Waals surface area contributed by atoms with Crippen LogP contribution in [0.15, 0.2) is 23.1 Å². The zero-order valence-electron chi connectivity index (χ0n) is 13.1. The van der Waals surface area contributed by atoms with E-state index in [-0.39, 0.29) is 10.8 Å². The average Bonchev–Trinajstić information content (AvgIpc) is 2.47. The number of hydrogen-bond acceptors (Lipinski definition) is 4. The summed E-state index contributed by atoms with van der Waals surface area (Å²) in [5.74, 6) is 0.127. The second-order valence-corrected chi connectivity index (χ2v) is 10.0. The van der Waals surface area contributed by atoms with Gasteiger partial charge in [-0.05, 0) is 43.4 Å². The van der Waals surface area contributed by atoms with E-state index < -0.39 is 20.0 Å². The highest BCUT2D eigenvalue weighted by molar-refractivity contribution is 7.89. The van der Waals surface area contributed by atoms with Gasteiger partial charge in [0.2, 0.25) is 20.0 Å². The second-order valence-electron chi connectivity index (χ2n) is 5.87. The molecule has 1 aliphatic heterocycles. The molecule has 0 aromatic heterocycles. The minimum atomic E-state index is -3.62. The van der Waals surface area contributed by atoms with Crippen LogP contribution in [0.1, 0.15) is 18.4 Å². The molecule has 0 atom stereocenters. The van der Waals surface area contributed by atoms with Crippen LogP contribution in [-0.2, 0) is 20.0 Å². The molecule has 1 aliphatic rings. The van der Waals surface area contributed by atoms with Crippen molar-refractivity contribution in [3.63, 3.8) is 0 Å². The number of piperidine rings is 1. The third-order valence-electron chi connectivity index (χ3n) is 4.04. The Kier molecular flexibility index (Phi) is 5.73. The van der Waals surface area contributed by atoms with Gasteiger partial charge in [-0.15, -0.1) is 0 Å². The summed E-state index contributed by atoms with van der Waals surface area (Å²) in [6.45, 7) is 2.88. The monoisotopic (exact) mass is 380 g/mol. The lowest BCUT2D eigenvalue weighted by Crippen LogP contribution is -2.41. The molecule has 1 aromatic carbocycles.